The normalized spacial score (nSPS) is 20.5. The minimum Gasteiger partial charge on any atom is -0.334 e. The van der Waals surface area contributed by atoms with E-state index in [0.29, 0.717) is 0 Å². The fourth-order valence-corrected chi connectivity index (χ4v) is 18.3. The van der Waals surface area contributed by atoms with Gasteiger partial charge >= 0.3 is 0 Å². The second-order valence-corrected chi connectivity index (χ2v) is 29.2. The minimum absolute atomic E-state index is 0.00319. The Labute approximate surface area is 480 Å². The van der Waals surface area contributed by atoms with Crippen LogP contribution in [0.3, 0.4) is 0 Å². The Bertz CT molecular complexity index is 4440. The van der Waals surface area contributed by atoms with Crippen molar-refractivity contribution < 1.29 is 0 Å². The molecule has 5 aliphatic rings. The van der Waals surface area contributed by atoms with Crippen LogP contribution in [0.4, 0.5) is 45.5 Å². The van der Waals surface area contributed by atoms with Crippen molar-refractivity contribution in [3.8, 4) is 11.1 Å². The quantitative estimate of drug-likeness (QED) is 0.163. The molecule has 2 unspecified atom stereocenters. The van der Waals surface area contributed by atoms with Gasteiger partial charge in [-0.15, -0.1) is 22.7 Å². The van der Waals surface area contributed by atoms with E-state index in [0.717, 1.165) is 19.3 Å². The fourth-order valence-electron chi connectivity index (χ4n) is 16.0. The molecular weight excluding hydrogens is 1010 g/mol. The fraction of sp³-hybridized carbons (Fsp3) is 0.270. The predicted molar refractivity (Wildman–Crippen MR) is 348 cm³/mol. The van der Waals surface area contributed by atoms with Crippen molar-refractivity contribution in [2.75, 3.05) is 14.7 Å². The molecule has 11 aromatic rings. The van der Waals surface area contributed by atoms with Gasteiger partial charge in [-0.05, 0) is 166 Å². The lowest BCUT2D eigenvalue weighted by molar-refractivity contribution is 0.195. The molecule has 0 bridgehead atoms. The summed E-state index contributed by atoms with van der Waals surface area (Å²) in [6, 6.07) is 69.4. The van der Waals surface area contributed by atoms with Gasteiger partial charge in [-0.3, -0.25) is 0 Å². The molecule has 3 aliphatic heterocycles. The SMILES string of the molecule is CC(C)(C)c1ccc(N2c3cc4c(cc3B3c5cc6c(cc5N(c5cccc7sc8ccccc8c57)c5cc(N7c8ccccc8C8(C)CCCCC78C)cc2c53)C(C)(C)CCC6(C)C)sc2ccccc24)c(-c2ccccc2)c1. The Morgan fingerprint density at radius 2 is 1.04 bits per heavy atom. The van der Waals surface area contributed by atoms with Crippen LogP contribution >= 0.6 is 22.7 Å². The van der Waals surface area contributed by atoms with E-state index in [9.17, 15) is 0 Å². The van der Waals surface area contributed by atoms with Crippen LogP contribution in [0.25, 0.3) is 51.5 Å². The highest BCUT2D eigenvalue weighted by Gasteiger charge is 2.58. The standard InChI is InChI=1S/C74H68BN3S2/c1-70(2,3)46-32-33-57(50(38-46)45-22-11-10-12-23-45)76-60-41-51-48-24-13-17-29-64(48)80-67(51)44-56(60)75-55-42-53-54(72(6,7)37-36-71(53,4)5)43-61(55)77(59-28-21-31-66-68(59)49-25-14-18-30-65(49)79-66)63-40-47(39-62(76)69(63)75)78-58-27-16-15-26-52(58)73(8)34-19-20-35-74(73,78)9/h10-18,21-33,38-44H,19-20,34-37H2,1-9H3. The molecule has 2 aromatic heterocycles. The van der Waals surface area contributed by atoms with E-state index in [-0.39, 0.29) is 33.9 Å². The zero-order chi connectivity index (χ0) is 54.4. The molecule has 5 heterocycles. The van der Waals surface area contributed by atoms with Crippen molar-refractivity contribution in [3.63, 3.8) is 0 Å². The van der Waals surface area contributed by atoms with E-state index in [1.807, 2.05) is 22.7 Å². The Balaban J connectivity index is 1.10. The van der Waals surface area contributed by atoms with Gasteiger partial charge in [0.1, 0.15) is 0 Å². The number of hydrogen-bond acceptors (Lipinski definition) is 5. The number of thiophene rings is 2. The Kier molecular flexibility index (Phi) is 10.2. The first-order valence-corrected chi connectivity index (χ1v) is 31.1. The molecule has 0 radical (unpaired) electrons. The van der Waals surface area contributed by atoms with Crippen LogP contribution in [0, 0.1) is 0 Å². The van der Waals surface area contributed by atoms with E-state index < -0.39 is 0 Å². The Morgan fingerprint density at radius 1 is 0.438 bits per heavy atom. The molecule has 16 rings (SSSR count). The average Bonchev–Trinajstić information content (AvgIpc) is 2.36. The third-order valence-electron chi connectivity index (χ3n) is 20.6. The van der Waals surface area contributed by atoms with Crippen molar-refractivity contribution >= 4 is 132 Å². The first-order chi connectivity index (χ1) is 38.5. The molecule has 2 atom stereocenters. The monoisotopic (exact) mass is 1070 g/mol. The van der Waals surface area contributed by atoms with Gasteiger partial charge in [-0.25, -0.2) is 0 Å². The first-order valence-electron chi connectivity index (χ1n) is 29.4. The Morgan fingerprint density at radius 3 is 1.80 bits per heavy atom. The lowest BCUT2D eigenvalue weighted by Crippen LogP contribution is -2.62. The maximum absolute atomic E-state index is 2.84. The lowest BCUT2D eigenvalue weighted by atomic mass is 9.33. The van der Waals surface area contributed by atoms with Crippen LogP contribution in [0.5, 0.6) is 0 Å². The van der Waals surface area contributed by atoms with Crippen LogP contribution in [0.1, 0.15) is 123 Å². The number of para-hydroxylation sites is 1. The van der Waals surface area contributed by atoms with Crippen LogP contribution in [-0.2, 0) is 21.7 Å². The highest BCUT2D eigenvalue weighted by molar-refractivity contribution is 7.26. The molecular formula is C74H68BN3S2. The lowest BCUT2D eigenvalue weighted by Gasteiger charge is -2.51. The number of fused-ring (bicyclic) bond motifs is 14. The number of hydrogen-bond donors (Lipinski definition) is 0. The molecule has 2 aliphatic carbocycles. The number of anilines is 8. The van der Waals surface area contributed by atoms with Crippen LogP contribution in [-0.4, -0.2) is 12.3 Å². The van der Waals surface area contributed by atoms with Gasteiger partial charge in [0, 0.05) is 85.4 Å². The number of rotatable bonds is 4. The van der Waals surface area contributed by atoms with E-state index in [2.05, 4.69) is 253 Å². The third-order valence-corrected chi connectivity index (χ3v) is 22.9. The summed E-state index contributed by atoms with van der Waals surface area (Å²) in [5, 5.41) is 5.30. The molecule has 1 fully saturated rings. The van der Waals surface area contributed by atoms with Crippen LogP contribution < -0.4 is 31.1 Å². The van der Waals surface area contributed by atoms with Crippen molar-refractivity contribution in [2.24, 2.45) is 0 Å². The molecule has 0 N–H and O–H groups in total. The van der Waals surface area contributed by atoms with Gasteiger partial charge in [0.2, 0.25) is 0 Å². The van der Waals surface area contributed by atoms with Gasteiger partial charge < -0.3 is 14.7 Å². The zero-order valence-electron chi connectivity index (χ0n) is 47.7. The van der Waals surface area contributed by atoms with Gasteiger partial charge in [0.05, 0.1) is 16.9 Å². The first kappa shape index (κ1) is 48.8. The van der Waals surface area contributed by atoms with Crippen LogP contribution in [0.15, 0.2) is 176 Å². The van der Waals surface area contributed by atoms with E-state index in [4.69, 9.17) is 0 Å². The summed E-state index contributed by atoms with van der Waals surface area (Å²) >= 11 is 3.87. The van der Waals surface area contributed by atoms with Gasteiger partial charge in [0.25, 0.3) is 6.71 Å². The van der Waals surface area contributed by atoms with Crippen molar-refractivity contribution in [1.82, 2.24) is 0 Å². The molecule has 3 nitrogen and oxygen atoms in total. The molecule has 0 spiro atoms. The van der Waals surface area contributed by atoms with E-state index in [1.54, 1.807) is 0 Å². The topological polar surface area (TPSA) is 9.72 Å². The van der Waals surface area contributed by atoms with Gasteiger partial charge in [0.15, 0.2) is 0 Å². The molecule has 394 valence electrons. The van der Waals surface area contributed by atoms with Crippen LogP contribution in [0.2, 0.25) is 0 Å². The summed E-state index contributed by atoms with van der Waals surface area (Å²) in [6.07, 6.45) is 7.06. The maximum Gasteiger partial charge on any atom is 0.252 e. The maximum atomic E-state index is 2.84. The summed E-state index contributed by atoms with van der Waals surface area (Å²) in [4.78, 5) is 8.36. The molecule has 1 saturated carbocycles. The molecule has 80 heavy (non-hydrogen) atoms. The minimum atomic E-state index is -0.159. The zero-order valence-corrected chi connectivity index (χ0v) is 49.4. The highest BCUT2D eigenvalue weighted by Crippen LogP contribution is 2.62. The van der Waals surface area contributed by atoms with Gasteiger partial charge in [-0.1, -0.05) is 171 Å². The van der Waals surface area contributed by atoms with Gasteiger partial charge in [-0.2, -0.15) is 0 Å². The number of benzene rings is 9. The second-order valence-electron chi connectivity index (χ2n) is 27.0. The summed E-state index contributed by atoms with van der Waals surface area (Å²) in [5.41, 5.74) is 22.4. The summed E-state index contributed by atoms with van der Waals surface area (Å²) < 4.78 is 5.32. The smallest absolute Gasteiger partial charge is 0.252 e. The van der Waals surface area contributed by atoms with Crippen molar-refractivity contribution in [2.45, 2.75) is 128 Å². The molecule has 0 amide bonds. The third kappa shape index (κ3) is 6.67. The molecule has 9 aromatic carbocycles. The highest BCUT2D eigenvalue weighted by atomic mass is 32.1. The second kappa shape index (κ2) is 16.7. The summed E-state index contributed by atoms with van der Waals surface area (Å²) in [6.45, 7) is 22.2. The Hall–Kier alpha value is -7.12. The summed E-state index contributed by atoms with van der Waals surface area (Å²) in [7, 11) is 0. The molecule has 0 saturated heterocycles. The van der Waals surface area contributed by atoms with E-state index in [1.165, 1.54) is 155 Å². The van der Waals surface area contributed by atoms with Crippen molar-refractivity contribution in [1.29, 1.82) is 0 Å². The predicted octanol–water partition coefficient (Wildman–Crippen LogP) is 19.6. The largest absolute Gasteiger partial charge is 0.334 e. The molecule has 6 heteroatoms. The van der Waals surface area contributed by atoms with Crippen molar-refractivity contribution in [3.05, 3.63) is 198 Å². The summed E-state index contributed by atoms with van der Waals surface area (Å²) in [5.74, 6) is 0. The van der Waals surface area contributed by atoms with E-state index >= 15 is 0 Å². The average molecular weight is 1070 g/mol. The number of nitrogens with zero attached hydrogens (tertiary/aromatic N) is 3.